The quantitative estimate of drug-likeness (QED) is 0.795. The molecule has 0 aliphatic rings. The highest BCUT2D eigenvalue weighted by Gasteiger charge is 2.03. The number of hydrogen-bond donors (Lipinski definition) is 2. The minimum Gasteiger partial charge on any atom is -0.450 e. The minimum atomic E-state index is -0.493. The van der Waals surface area contributed by atoms with E-state index < -0.39 is 6.09 Å². The van der Waals surface area contributed by atoms with E-state index in [2.05, 4.69) is 15.6 Å². The van der Waals surface area contributed by atoms with Crippen LogP contribution < -0.4 is 10.6 Å². The van der Waals surface area contributed by atoms with E-state index in [9.17, 15) is 4.79 Å². The van der Waals surface area contributed by atoms with E-state index in [-0.39, 0.29) is 0 Å². The van der Waals surface area contributed by atoms with Gasteiger partial charge < -0.3 is 10.1 Å². The number of benzene rings is 1. The summed E-state index contributed by atoms with van der Waals surface area (Å²) in [6.45, 7) is 2.75. The third-order valence-corrected chi connectivity index (χ3v) is 3.59. The molecule has 0 saturated heterocycles. The van der Waals surface area contributed by atoms with Crippen LogP contribution in [0, 0.1) is 0 Å². The normalized spacial score (nSPS) is 10.2. The summed E-state index contributed by atoms with van der Waals surface area (Å²) in [7, 11) is 0. The van der Waals surface area contributed by atoms with Crippen molar-refractivity contribution in [1.82, 2.24) is 4.98 Å². The van der Waals surface area contributed by atoms with E-state index in [1.165, 1.54) is 0 Å². The summed E-state index contributed by atoms with van der Waals surface area (Å²) >= 11 is 12.0. The summed E-state index contributed by atoms with van der Waals surface area (Å²) in [5.41, 5.74) is 1.60. The Labute approximate surface area is 145 Å². The molecule has 122 valence electrons. The third kappa shape index (κ3) is 5.62. The van der Waals surface area contributed by atoms with Crippen LogP contribution in [0.1, 0.15) is 12.5 Å². The molecule has 2 aromatic rings. The van der Waals surface area contributed by atoms with Gasteiger partial charge in [0.2, 0.25) is 0 Å². The molecule has 0 aliphatic heterocycles. The van der Waals surface area contributed by atoms with Gasteiger partial charge in [0.25, 0.3) is 0 Å². The van der Waals surface area contributed by atoms with Gasteiger partial charge in [0.1, 0.15) is 5.82 Å². The molecular weight excluding hydrogens is 337 g/mol. The first-order valence-corrected chi connectivity index (χ1v) is 7.91. The summed E-state index contributed by atoms with van der Waals surface area (Å²) in [4.78, 5) is 15.5. The van der Waals surface area contributed by atoms with Gasteiger partial charge in [-0.3, -0.25) is 5.32 Å². The number of nitrogens with one attached hydrogen (secondary N) is 2. The number of carbonyl (C=O) groups excluding carboxylic acids is 1. The zero-order chi connectivity index (χ0) is 16.7. The van der Waals surface area contributed by atoms with E-state index >= 15 is 0 Å². The first-order valence-electron chi connectivity index (χ1n) is 7.16. The molecule has 1 amide bonds. The Morgan fingerprint density at radius 3 is 2.74 bits per heavy atom. The molecule has 23 heavy (non-hydrogen) atoms. The minimum absolute atomic E-state index is 0.326. The van der Waals surface area contributed by atoms with Crippen LogP contribution in [-0.4, -0.2) is 24.2 Å². The molecule has 5 nitrogen and oxygen atoms in total. The molecule has 2 rings (SSSR count). The van der Waals surface area contributed by atoms with Crippen molar-refractivity contribution in [2.24, 2.45) is 0 Å². The van der Waals surface area contributed by atoms with Crippen LogP contribution in [0.25, 0.3) is 0 Å². The van der Waals surface area contributed by atoms with Gasteiger partial charge in [0.15, 0.2) is 0 Å². The highest BCUT2D eigenvalue weighted by molar-refractivity contribution is 6.35. The number of nitrogens with zero attached hydrogens (tertiary/aromatic N) is 1. The van der Waals surface area contributed by atoms with Gasteiger partial charge in [-0.2, -0.15) is 0 Å². The summed E-state index contributed by atoms with van der Waals surface area (Å²) in [6.07, 6.45) is 1.82. The average molecular weight is 354 g/mol. The molecule has 0 bridgehead atoms. The topological polar surface area (TPSA) is 63.2 Å². The maximum Gasteiger partial charge on any atom is 0.411 e. The Hall–Kier alpha value is -1.98. The number of amides is 1. The fraction of sp³-hybridized carbons (Fsp3) is 0.250. The third-order valence-electron chi connectivity index (χ3n) is 3.00. The van der Waals surface area contributed by atoms with Crippen molar-refractivity contribution in [1.29, 1.82) is 0 Å². The lowest BCUT2D eigenvalue weighted by Crippen LogP contribution is -2.13. The molecule has 0 spiro atoms. The van der Waals surface area contributed by atoms with Crippen LogP contribution in [0.2, 0.25) is 10.0 Å². The monoisotopic (exact) mass is 353 g/mol. The molecule has 2 N–H and O–H groups in total. The summed E-state index contributed by atoms with van der Waals surface area (Å²) in [5, 5.41) is 7.05. The van der Waals surface area contributed by atoms with E-state index in [0.717, 1.165) is 12.0 Å². The lowest BCUT2D eigenvalue weighted by molar-refractivity contribution is 0.168. The largest absolute Gasteiger partial charge is 0.450 e. The SMILES string of the molecule is CCOC(=O)Nc1ccc(NCCc2ccc(Cl)cc2Cl)nc1. The summed E-state index contributed by atoms with van der Waals surface area (Å²) in [5.74, 6) is 0.712. The van der Waals surface area contributed by atoms with Crippen molar-refractivity contribution in [3.05, 3.63) is 52.1 Å². The highest BCUT2D eigenvalue weighted by atomic mass is 35.5. The highest BCUT2D eigenvalue weighted by Crippen LogP contribution is 2.21. The summed E-state index contributed by atoms with van der Waals surface area (Å²) < 4.78 is 4.79. The number of hydrogen-bond acceptors (Lipinski definition) is 4. The molecule has 7 heteroatoms. The van der Waals surface area contributed by atoms with E-state index in [4.69, 9.17) is 27.9 Å². The van der Waals surface area contributed by atoms with Crippen molar-refractivity contribution in [2.75, 3.05) is 23.8 Å². The van der Waals surface area contributed by atoms with Crippen LogP contribution in [-0.2, 0) is 11.2 Å². The number of rotatable bonds is 6. The average Bonchev–Trinajstić information content (AvgIpc) is 2.51. The van der Waals surface area contributed by atoms with Crippen LogP contribution >= 0.6 is 23.2 Å². The van der Waals surface area contributed by atoms with Crippen molar-refractivity contribution < 1.29 is 9.53 Å². The van der Waals surface area contributed by atoms with Crippen LogP contribution in [0.3, 0.4) is 0 Å². The number of carbonyl (C=O) groups is 1. The van der Waals surface area contributed by atoms with Gasteiger partial charge in [-0.15, -0.1) is 0 Å². The predicted molar refractivity (Wildman–Crippen MR) is 93.5 cm³/mol. The van der Waals surface area contributed by atoms with Gasteiger partial charge >= 0.3 is 6.09 Å². The molecule has 0 unspecified atom stereocenters. The number of halogens is 2. The van der Waals surface area contributed by atoms with Crippen LogP contribution in [0.15, 0.2) is 36.5 Å². The van der Waals surface area contributed by atoms with E-state index in [1.54, 1.807) is 31.3 Å². The van der Waals surface area contributed by atoms with Gasteiger partial charge in [0.05, 0.1) is 18.5 Å². The second-order valence-corrected chi connectivity index (χ2v) is 5.53. The van der Waals surface area contributed by atoms with Gasteiger partial charge in [-0.1, -0.05) is 29.3 Å². The maximum atomic E-state index is 11.3. The van der Waals surface area contributed by atoms with Gasteiger partial charge in [-0.05, 0) is 43.2 Å². The lowest BCUT2D eigenvalue weighted by Gasteiger charge is -2.09. The second kappa shape index (κ2) is 8.60. The predicted octanol–water partition coefficient (Wildman–Crippen LogP) is 4.61. The Kier molecular flexibility index (Phi) is 6.50. The molecule has 0 aliphatic carbocycles. The number of pyridine rings is 1. The summed E-state index contributed by atoms with van der Waals surface area (Å²) in [6, 6.07) is 8.99. The van der Waals surface area contributed by atoms with Crippen molar-refractivity contribution in [3.63, 3.8) is 0 Å². The van der Waals surface area contributed by atoms with Crippen molar-refractivity contribution in [2.45, 2.75) is 13.3 Å². The zero-order valence-electron chi connectivity index (χ0n) is 12.6. The van der Waals surface area contributed by atoms with Gasteiger partial charge in [-0.25, -0.2) is 9.78 Å². The van der Waals surface area contributed by atoms with Crippen LogP contribution in [0.5, 0.6) is 0 Å². The van der Waals surface area contributed by atoms with Gasteiger partial charge in [0, 0.05) is 16.6 Å². The van der Waals surface area contributed by atoms with E-state index in [1.807, 2.05) is 12.1 Å². The fourth-order valence-electron chi connectivity index (χ4n) is 1.91. The first-order chi connectivity index (χ1) is 11.1. The Morgan fingerprint density at radius 2 is 2.09 bits per heavy atom. The molecule has 0 radical (unpaired) electrons. The maximum absolute atomic E-state index is 11.3. The smallest absolute Gasteiger partial charge is 0.411 e. The molecule has 0 saturated carbocycles. The standard InChI is InChI=1S/C16H17Cl2N3O2/c1-2-23-16(22)21-13-5-6-15(20-10-13)19-8-7-11-3-4-12(17)9-14(11)18/h3-6,9-10H,2,7-8H2,1H3,(H,19,20)(H,21,22). The molecular formula is C16H17Cl2N3O2. The zero-order valence-corrected chi connectivity index (χ0v) is 14.1. The first kappa shape index (κ1) is 17.4. The molecule has 1 heterocycles. The lowest BCUT2D eigenvalue weighted by atomic mass is 10.1. The van der Waals surface area contributed by atoms with Crippen molar-refractivity contribution >= 4 is 40.8 Å². The Balaban J connectivity index is 1.83. The molecule has 1 aromatic carbocycles. The number of anilines is 2. The molecule has 0 fully saturated rings. The fourth-order valence-corrected chi connectivity index (χ4v) is 2.41. The Bertz CT molecular complexity index is 663. The number of ether oxygens (including phenoxy) is 1. The molecule has 0 atom stereocenters. The van der Waals surface area contributed by atoms with Crippen molar-refractivity contribution in [3.8, 4) is 0 Å². The second-order valence-electron chi connectivity index (χ2n) is 4.69. The van der Waals surface area contributed by atoms with Crippen LogP contribution in [0.4, 0.5) is 16.3 Å². The molecule has 1 aromatic heterocycles. The number of aromatic nitrogens is 1. The van der Waals surface area contributed by atoms with E-state index in [0.29, 0.717) is 34.7 Å². The Morgan fingerprint density at radius 1 is 1.26 bits per heavy atom.